The largest absolute Gasteiger partial charge is 0.497 e. The van der Waals surface area contributed by atoms with Crippen LogP contribution < -0.4 is 19.7 Å². The number of piperazine rings is 1. The van der Waals surface area contributed by atoms with Gasteiger partial charge >= 0.3 is 0 Å². The summed E-state index contributed by atoms with van der Waals surface area (Å²) >= 11 is 0. The number of fused-ring (bicyclic) bond motifs is 1. The number of amides is 2. The number of rotatable bonds is 9. The summed E-state index contributed by atoms with van der Waals surface area (Å²) < 4.78 is 10.8. The molecule has 2 aromatic rings. The van der Waals surface area contributed by atoms with E-state index in [-0.39, 0.29) is 11.8 Å². The van der Waals surface area contributed by atoms with Gasteiger partial charge in [0, 0.05) is 74.6 Å². The van der Waals surface area contributed by atoms with E-state index in [0.29, 0.717) is 31.6 Å². The van der Waals surface area contributed by atoms with E-state index in [1.165, 1.54) is 16.8 Å². The zero-order chi connectivity index (χ0) is 25.5. The smallest absolute Gasteiger partial charge is 0.251 e. The molecule has 2 aliphatic heterocycles. The highest BCUT2D eigenvalue weighted by Gasteiger charge is 2.27. The summed E-state index contributed by atoms with van der Waals surface area (Å²) in [5.41, 5.74) is 4.30. The highest BCUT2D eigenvalue weighted by atomic mass is 16.5. The summed E-state index contributed by atoms with van der Waals surface area (Å²) in [6, 6.07) is 11.3. The van der Waals surface area contributed by atoms with Crippen LogP contribution in [0.25, 0.3) is 0 Å². The summed E-state index contributed by atoms with van der Waals surface area (Å²) in [5, 5.41) is 2.93. The lowest BCUT2D eigenvalue weighted by Crippen LogP contribution is -2.45. The number of unbranched alkanes of at least 4 members (excludes halogenated alkanes) is 1. The van der Waals surface area contributed by atoms with Crippen LogP contribution in [-0.2, 0) is 17.8 Å². The van der Waals surface area contributed by atoms with Gasteiger partial charge < -0.3 is 29.5 Å². The number of carbonyl (C=O) groups excluding carboxylic acids is 2. The molecule has 0 aliphatic carbocycles. The number of methoxy groups -OCH3 is 2. The summed E-state index contributed by atoms with van der Waals surface area (Å²) in [6.45, 7) is 5.95. The standard InChI is InChI=1S/C28H38N4O4/c1-30-16-18-31(19-17-30)25-11-12-26(36-3)23-13-15-32(20-24(23)25)27(33)6-4-5-14-29-28(34)21-7-9-22(35-2)10-8-21/h7-12H,4-6,13-20H2,1-3H3,(H,29,34). The second-order valence-electron chi connectivity index (χ2n) is 9.54. The molecule has 1 N–H and O–H groups in total. The van der Waals surface area contributed by atoms with Crippen LogP contribution in [0.5, 0.6) is 11.5 Å². The molecule has 0 aromatic heterocycles. The normalized spacial score (nSPS) is 15.9. The van der Waals surface area contributed by atoms with Gasteiger partial charge in [0.15, 0.2) is 0 Å². The van der Waals surface area contributed by atoms with Crippen molar-refractivity contribution >= 4 is 17.5 Å². The molecule has 0 spiro atoms. The maximum Gasteiger partial charge on any atom is 0.251 e. The van der Waals surface area contributed by atoms with Crippen molar-refractivity contribution in [2.75, 3.05) is 65.4 Å². The number of ether oxygens (including phenoxy) is 2. The van der Waals surface area contributed by atoms with Crippen LogP contribution in [0.3, 0.4) is 0 Å². The molecule has 194 valence electrons. The Morgan fingerprint density at radius 1 is 0.889 bits per heavy atom. The lowest BCUT2D eigenvalue weighted by Gasteiger charge is -2.38. The number of carbonyl (C=O) groups is 2. The van der Waals surface area contributed by atoms with E-state index < -0.39 is 0 Å². The van der Waals surface area contributed by atoms with Crippen molar-refractivity contribution in [2.45, 2.75) is 32.2 Å². The van der Waals surface area contributed by atoms with E-state index in [1.54, 1.807) is 38.5 Å². The minimum atomic E-state index is -0.109. The highest BCUT2D eigenvalue weighted by Crippen LogP contribution is 2.36. The molecule has 0 atom stereocenters. The second kappa shape index (κ2) is 12.1. The zero-order valence-corrected chi connectivity index (χ0v) is 21.7. The zero-order valence-electron chi connectivity index (χ0n) is 21.7. The Morgan fingerprint density at radius 3 is 2.33 bits per heavy atom. The van der Waals surface area contributed by atoms with Crippen LogP contribution in [0.15, 0.2) is 36.4 Å². The van der Waals surface area contributed by atoms with Gasteiger partial charge in [0.1, 0.15) is 11.5 Å². The SMILES string of the molecule is COc1ccc(C(=O)NCCCCC(=O)N2CCc3c(OC)ccc(N4CCN(C)CC4)c3C2)cc1. The van der Waals surface area contributed by atoms with Gasteiger partial charge in [0.25, 0.3) is 5.91 Å². The molecule has 36 heavy (non-hydrogen) atoms. The van der Waals surface area contributed by atoms with Crippen LogP contribution in [-0.4, -0.2) is 82.1 Å². The second-order valence-corrected chi connectivity index (χ2v) is 9.54. The first-order valence-electron chi connectivity index (χ1n) is 12.8. The van der Waals surface area contributed by atoms with E-state index in [1.807, 2.05) is 4.90 Å². The molecule has 0 unspecified atom stereocenters. The van der Waals surface area contributed by atoms with E-state index in [0.717, 1.165) is 56.9 Å². The number of likely N-dealkylation sites (N-methyl/N-ethyl adjacent to an activating group) is 1. The van der Waals surface area contributed by atoms with Gasteiger partial charge in [-0.3, -0.25) is 9.59 Å². The Bertz CT molecular complexity index is 1050. The molecule has 4 rings (SSSR count). The van der Waals surface area contributed by atoms with E-state index >= 15 is 0 Å². The fourth-order valence-electron chi connectivity index (χ4n) is 4.98. The number of anilines is 1. The van der Waals surface area contributed by atoms with E-state index in [9.17, 15) is 9.59 Å². The predicted molar refractivity (Wildman–Crippen MR) is 141 cm³/mol. The quantitative estimate of drug-likeness (QED) is 0.541. The van der Waals surface area contributed by atoms with Crippen molar-refractivity contribution in [1.82, 2.24) is 15.1 Å². The van der Waals surface area contributed by atoms with Gasteiger partial charge in [-0.15, -0.1) is 0 Å². The molecular formula is C28H38N4O4. The number of benzene rings is 2. The van der Waals surface area contributed by atoms with Crippen LogP contribution in [0.2, 0.25) is 0 Å². The summed E-state index contributed by atoms with van der Waals surface area (Å²) in [5.74, 6) is 1.71. The molecule has 8 nitrogen and oxygen atoms in total. The molecule has 8 heteroatoms. The monoisotopic (exact) mass is 494 g/mol. The third kappa shape index (κ3) is 6.10. The Kier molecular flexibility index (Phi) is 8.70. The van der Waals surface area contributed by atoms with Crippen molar-refractivity contribution in [3.63, 3.8) is 0 Å². The van der Waals surface area contributed by atoms with Crippen molar-refractivity contribution in [3.05, 3.63) is 53.1 Å². The number of nitrogens with one attached hydrogen (secondary N) is 1. The van der Waals surface area contributed by atoms with Crippen LogP contribution >= 0.6 is 0 Å². The Labute approximate surface area is 214 Å². The number of hydrogen-bond acceptors (Lipinski definition) is 6. The van der Waals surface area contributed by atoms with Gasteiger partial charge in [0.2, 0.25) is 5.91 Å². The lowest BCUT2D eigenvalue weighted by molar-refractivity contribution is -0.132. The molecular weight excluding hydrogens is 456 g/mol. The average molecular weight is 495 g/mol. The van der Waals surface area contributed by atoms with Crippen LogP contribution in [0.4, 0.5) is 5.69 Å². The lowest BCUT2D eigenvalue weighted by atomic mass is 9.95. The Morgan fingerprint density at radius 2 is 1.64 bits per heavy atom. The van der Waals surface area contributed by atoms with Gasteiger partial charge in [-0.25, -0.2) is 0 Å². The number of hydrogen-bond donors (Lipinski definition) is 1. The fraction of sp³-hybridized carbons (Fsp3) is 0.500. The fourth-order valence-corrected chi connectivity index (χ4v) is 4.98. The first-order valence-corrected chi connectivity index (χ1v) is 12.8. The van der Waals surface area contributed by atoms with Gasteiger partial charge in [-0.05, 0) is 62.7 Å². The van der Waals surface area contributed by atoms with Crippen LogP contribution in [0, 0.1) is 0 Å². The maximum atomic E-state index is 13.0. The van der Waals surface area contributed by atoms with Crippen molar-refractivity contribution in [1.29, 1.82) is 0 Å². The van der Waals surface area contributed by atoms with Gasteiger partial charge in [-0.1, -0.05) is 0 Å². The third-order valence-corrected chi connectivity index (χ3v) is 7.22. The molecule has 0 saturated carbocycles. The van der Waals surface area contributed by atoms with Crippen molar-refractivity contribution in [2.24, 2.45) is 0 Å². The molecule has 1 fully saturated rings. The average Bonchev–Trinajstić information content (AvgIpc) is 2.92. The Balaban J connectivity index is 1.28. The Hall–Kier alpha value is -3.26. The molecule has 2 aromatic carbocycles. The third-order valence-electron chi connectivity index (χ3n) is 7.22. The topological polar surface area (TPSA) is 74.3 Å². The summed E-state index contributed by atoms with van der Waals surface area (Å²) in [4.78, 5) is 32.1. The molecule has 1 saturated heterocycles. The molecule has 2 heterocycles. The van der Waals surface area contributed by atoms with E-state index in [4.69, 9.17) is 9.47 Å². The minimum Gasteiger partial charge on any atom is -0.497 e. The van der Waals surface area contributed by atoms with Gasteiger partial charge in [0.05, 0.1) is 14.2 Å². The summed E-state index contributed by atoms with van der Waals surface area (Å²) in [6.07, 6.45) is 2.80. The van der Waals surface area contributed by atoms with E-state index in [2.05, 4.69) is 34.3 Å². The maximum absolute atomic E-state index is 13.0. The molecule has 2 amide bonds. The number of nitrogens with zero attached hydrogens (tertiary/aromatic N) is 3. The van der Waals surface area contributed by atoms with Crippen LogP contribution in [0.1, 0.15) is 40.7 Å². The minimum absolute atomic E-state index is 0.109. The predicted octanol–water partition coefficient (Wildman–Crippen LogP) is 2.94. The summed E-state index contributed by atoms with van der Waals surface area (Å²) in [7, 11) is 5.48. The first-order chi connectivity index (χ1) is 17.5. The van der Waals surface area contributed by atoms with Gasteiger partial charge in [-0.2, -0.15) is 0 Å². The highest BCUT2D eigenvalue weighted by molar-refractivity contribution is 5.94. The molecule has 0 bridgehead atoms. The van der Waals surface area contributed by atoms with Crippen molar-refractivity contribution < 1.29 is 19.1 Å². The molecule has 0 radical (unpaired) electrons. The van der Waals surface area contributed by atoms with Crippen molar-refractivity contribution in [3.8, 4) is 11.5 Å². The first kappa shape index (κ1) is 25.8. The molecule has 2 aliphatic rings.